The molecule has 118 valence electrons. The van der Waals surface area contributed by atoms with Crippen molar-refractivity contribution in [3.05, 3.63) is 0 Å². The Balaban J connectivity index is 2.11. The maximum atomic E-state index is 2.71. The molecular formula is C19H37N. The first-order valence-electron chi connectivity index (χ1n) is 9.10. The highest BCUT2D eigenvalue weighted by Gasteiger charge is 2.45. The molecule has 0 aromatic heterocycles. The molecule has 0 aromatic rings. The van der Waals surface area contributed by atoms with E-state index in [1.165, 1.54) is 45.2 Å². The molecule has 1 saturated heterocycles. The first-order valence-corrected chi connectivity index (χ1v) is 9.10. The van der Waals surface area contributed by atoms with Crippen LogP contribution >= 0.6 is 0 Å². The monoisotopic (exact) mass is 279 g/mol. The normalized spacial score (nSPS) is 40.5. The molecule has 4 atom stereocenters. The fourth-order valence-electron chi connectivity index (χ4n) is 5.20. The van der Waals surface area contributed by atoms with E-state index >= 15 is 0 Å². The highest BCUT2D eigenvalue weighted by Crippen LogP contribution is 2.53. The molecule has 1 heterocycles. The molecule has 0 N–H and O–H groups in total. The van der Waals surface area contributed by atoms with Gasteiger partial charge in [0.15, 0.2) is 0 Å². The average molecular weight is 280 g/mol. The molecule has 4 unspecified atom stereocenters. The molecule has 0 bridgehead atoms. The molecule has 2 rings (SSSR count). The number of hydrogen-bond acceptors (Lipinski definition) is 1. The SMILES string of the molecule is CC(C)C1CC2(CCCN(C(C)C)CC2)C(C)CC1C. The molecule has 1 aliphatic heterocycles. The van der Waals surface area contributed by atoms with Gasteiger partial charge in [-0.25, -0.2) is 0 Å². The van der Waals surface area contributed by atoms with Gasteiger partial charge >= 0.3 is 0 Å². The van der Waals surface area contributed by atoms with Gasteiger partial charge in [-0.1, -0.05) is 27.7 Å². The van der Waals surface area contributed by atoms with Gasteiger partial charge in [0.2, 0.25) is 0 Å². The van der Waals surface area contributed by atoms with E-state index in [9.17, 15) is 0 Å². The van der Waals surface area contributed by atoms with Crippen LogP contribution < -0.4 is 0 Å². The Kier molecular flexibility index (Phi) is 5.21. The highest BCUT2D eigenvalue weighted by molar-refractivity contribution is 4.96. The van der Waals surface area contributed by atoms with Crippen LogP contribution in [-0.2, 0) is 0 Å². The van der Waals surface area contributed by atoms with Crippen molar-refractivity contribution in [2.45, 2.75) is 79.7 Å². The van der Waals surface area contributed by atoms with E-state index < -0.39 is 0 Å². The van der Waals surface area contributed by atoms with E-state index in [0.29, 0.717) is 5.41 Å². The lowest BCUT2D eigenvalue weighted by Gasteiger charge is -2.50. The summed E-state index contributed by atoms with van der Waals surface area (Å²) in [7, 11) is 0. The zero-order chi connectivity index (χ0) is 14.9. The van der Waals surface area contributed by atoms with Crippen molar-refractivity contribution in [1.29, 1.82) is 0 Å². The second-order valence-corrected chi connectivity index (χ2v) is 8.57. The Morgan fingerprint density at radius 1 is 1.00 bits per heavy atom. The van der Waals surface area contributed by atoms with Crippen LogP contribution in [0, 0.1) is 29.1 Å². The van der Waals surface area contributed by atoms with Gasteiger partial charge < -0.3 is 4.90 Å². The standard InChI is InChI=1S/C19H37N/c1-14(2)18-13-19(17(6)12-16(18)5)8-7-10-20(11-9-19)15(3)4/h14-18H,7-13H2,1-6H3. The average Bonchev–Trinajstić information content (AvgIpc) is 2.57. The lowest BCUT2D eigenvalue weighted by Crippen LogP contribution is -2.42. The van der Waals surface area contributed by atoms with Gasteiger partial charge in [0, 0.05) is 6.04 Å². The maximum absolute atomic E-state index is 2.71. The minimum atomic E-state index is 0.658. The van der Waals surface area contributed by atoms with E-state index in [4.69, 9.17) is 0 Å². The molecule has 0 radical (unpaired) electrons. The predicted molar refractivity (Wildman–Crippen MR) is 88.9 cm³/mol. The number of nitrogens with zero attached hydrogens (tertiary/aromatic N) is 1. The lowest BCUT2D eigenvalue weighted by atomic mass is 9.55. The molecular weight excluding hydrogens is 242 g/mol. The third-order valence-corrected chi connectivity index (χ3v) is 6.75. The van der Waals surface area contributed by atoms with E-state index in [2.05, 4.69) is 46.4 Å². The number of hydrogen-bond donors (Lipinski definition) is 0. The molecule has 1 aliphatic carbocycles. The van der Waals surface area contributed by atoms with Gasteiger partial charge in [-0.3, -0.25) is 0 Å². The van der Waals surface area contributed by atoms with Crippen molar-refractivity contribution in [2.24, 2.45) is 29.1 Å². The van der Waals surface area contributed by atoms with Crippen LogP contribution in [0.5, 0.6) is 0 Å². The molecule has 1 spiro atoms. The van der Waals surface area contributed by atoms with Gasteiger partial charge in [-0.05, 0) is 88.1 Å². The Hall–Kier alpha value is -0.0400. The van der Waals surface area contributed by atoms with Crippen LogP contribution in [-0.4, -0.2) is 24.0 Å². The van der Waals surface area contributed by atoms with Crippen LogP contribution in [0.4, 0.5) is 0 Å². The summed E-state index contributed by atoms with van der Waals surface area (Å²) in [5, 5.41) is 0. The van der Waals surface area contributed by atoms with E-state index in [0.717, 1.165) is 29.7 Å². The number of rotatable bonds is 2. The van der Waals surface area contributed by atoms with Crippen molar-refractivity contribution in [2.75, 3.05) is 13.1 Å². The zero-order valence-corrected chi connectivity index (χ0v) is 14.8. The molecule has 20 heavy (non-hydrogen) atoms. The first-order chi connectivity index (χ1) is 9.35. The smallest absolute Gasteiger partial charge is 0.00385 e. The zero-order valence-electron chi connectivity index (χ0n) is 14.8. The fraction of sp³-hybridized carbons (Fsp3) is 1.00. The van der Waals surface area contributed by atoms with Crippen molar-refractivity contribution in [3.8, 4) is 0 Å². The molecule has 2 fully saturated rings. The maximum Gasteiger partial charge on any atom is 0.00385 e. The number of likely N-dealkylation sites (tertiary alicyclic amines) is 1. The van der Waals surface area contributed by atoms with E-state index in [-0.39, 0.29) is 0 Å². The summed E-state index contributed by atoms with van der Waals surface area (Å²) in [4.78, 5) is 2.71. The molecule has 0 amide bonds. The predicted octanol–water partition coefficient (Wildman–Crippen LogP) is 5.21. The molecule has 1 nitrogen and oxygen atoms in total. The summed E-state index contributed by atoms with van der Waals surface area (Å²) in [6.07, 6.45) is 7.31. The third kappa shape index (κ3) is 3.24. The quantitative estimate of drug-likeness (QED) is 0.671. The van der Waals surface area contributed by atoms with Crippen LogP contribution in [0.2, 0.25) is 0 Å². The van der Waals surface area contributed by atoms with Crippen LogP contribution in [0.15, 0.2) is 0 Å². The third-order valence-electron chi connectivity index (χ3n) is 6.75. The van der Waals surface area contributed by atoms with Gasteiger partial charge in [0.25, 0.3) is 0 Å². The van der Waals surface area contributed by atoms with Gasteiger partial charge in [-0.15, -0.1) is 0 Å². The van der Waals surface area contributed by atoms with Crippen molar-refractivity contribution >= 4 is 0 Å². The highest BCUT2D eigenvalue weighted by atomic mass is 15.1. The Morgan fingerprint density at radius 3 is 2.30 bits per heavy atom. The minimum Gasteiger partial charge on any atom is -0.301 e. The van der Waals surface area contributed by atoms with Crippen molar-refractivity contribution in [1.82, 2.24) is 4.90 Å². The fourth-order valence-corrected chi connectivity index (χ4v) is 5.20. The lowest BCUT2D eigenvalue weighted by molar-refractivity contribution is 0.00206. The summed E-state index contributed by atoms with van der Waals surface area (Å²) in [5.74, 6) is 3.68. The summed E-state index contributed by atoms with van der Waals surface area (Å²) in [5.41, 5.74) is 0.658. The van der Waals surface area contributed by atoms with Crippen molar-refractivity contribution in [3.63, 3.8) is 0 Å². The van der Waals surface area contributed by atoms with Crippen LogP contribution in [0.1, 0.15) is 73.6 Å². The molecule has 1 saturated carbocycles. The minimum absolute atomic E-state index is 0.658. The van der Waals surface area contributed by atoms with E-state index in [1.807, 2.05) is 0 Å². The molecule has 1 heteroatoms. The topological polar surface area (TPSA) is 3.24 Å². The van der Waals surface area contributed by atoms with Crippen LogP contribution in [0.25, 0.3) is 0 Å². The van der Waals surface area contributed by atoms with Crippen molar-refractivity contribution < 1.29 is 0 Å². The second-order valence-electron chi connectivity index (χ2n) is 8.57. The second kappa shape index (κ2) is 6.38. The summed E-state index contributed by atoms with van der Waals surface area (Å²) in [6.45, 7) is 17.3. The van der Waals surface area contributed by atoms with Crippen LogP contribution in [0.3, 0.4) is 0 Å². The Labute approximate surface area is 127 Å². The summed E-state index contributed by atoms with van der Waals surface area (Å²) in [6, 6.07) is 0.726. The van der Waals surface area contributed by atoms with E-state index in [1.54, 1.807) is 0 Å². The summed E-state index contributed by atoms with van der Waals surface area (Å²) >= 11 is 0. The van der Waals surface area contributed by atoms with Gasteiger partial charge in [0.1, 0.15) is 0 Å². The van der Waals surface area contributed by atoms with Gasteiger partial charge in [-0.2, -0.15) is 0 Å². The molecule has 2 aliphatic rings. The first kappa shape index (κ1) is 16.3. The largest absolute Gasteiger partial charge is 0.301 e. The Bertz CT molecular complexity index is 309. The molecule has 0 aromatic carbocycles. The van der Waals surface area contributed by atoms with Gasteiger partial charge in [0.05, 0.1) is 0 Å². The summed E-state index contributed by atoms with van der Waals surface area (Å²) < 4.78 is 0. The Morgan fingerprint density at radius 2 is 1.70 bits per heavy atom.